The molecule has 2 rings (SSSR count). The molecule has 1 aliphatic rings. The van der Waals surface area contributed by atoms with Crippen LogP contribution in [0.15, 0.2) is 24.3 Å². The number of rotatable bonds is 7. The summed E-state index contributed by atoms with van der Waals surface area (Å²) >= 11 is 0. The van der Waals surface area contributed by atoms with Crippen molar-refractivity contribution in [3.63, 3.8) is 0 Å². The molecular weight excluding hydrogens is 306 g/mol. The standard InChI is InChI=1S/C18H27N3O3/c1-3-4-9-19-18(23)14-21(15(2)22)17-8-6-5-7-16(17)20-10-12-24-13-11-20/h5-8H,3-4,9-14H2,1-2H3,(H,19,23). The normalized spacial score (nSPS) is 14.3. The minimum absolute atomic E-state index is 0.0421. The van der Waals surface area contributed by atoms with E-state index in [1.54, 1.807) is 4.90 Å². The topological polar surface area (TPSA) is 61.9 Å². The van der Waals surface area contributed by atoms with Crippen LogP contribution in [0.4, 0.5) is 11.4 Å². The van der Waals surface area contributed by atoms with Crippen molar-refractivity contribution in [2.24, 2.45) is 0 Å². The Bertz CT molecular complexity index is 556. The molecule has 1 fully saturated rings. The highest BCUT2D eigenvalue weighted by atomic mass is 16.5. The molecule has 6 nitrogen and oxygen atoms in total. The quantitative estimate of drug-likeness (QED) is 0.773. The average molecular weight is 333 g/mol. The Morgan fingerprint density at radius 2 is 1.96 bits per heavy atom. The number of para-hydroxylation sites is 2. The zero-order chi connectivity index (χ0) is 17.4. The molecule has 1 saturated heterocycles. The molecule has 1 heterocycles. The third kappa shape index (κ3) is 4.96. The molecule has 0 spiro atoms. The Labute approximate surface area is 143 Å². The van der Waals surface area contributed by atoms with Crippen LogP contribution in [0.2, 0.25) is 0 Å². The summed E-state index contributed by atoms with van der Waals surface area (Å²) in [5.41, 5.74) is 1.75. The van der Waals surface area contributed by atoms with Crippen molar-refractivity contribution in [3.05, 3.63) is 24.3 Å². The maximum Gasteiger partial charge on any atom is 0.240 e. The number of carbonyl (C=O) groups excluding carboxylic acids is 2. The van der Waals surface area contributed by atoms with Crippen molar-refractivity contribution in [1.29, 1.82) is 0 Å². The van der Waals surface area contributed by atoms with E-state index in [4.69, 9.17) is 4.74 Å². The smallest absolute Gasteiger partial charge is 0.240 e. The summed E-state index contributed by atoms with van der Waals surface area (Å²) in [5.74, 6) is -0.267. The van der Waals surface area contributed by atoms with Crippen LogP contribution >= 0.6 is 0 Å². The molecule has 1 aromatic carbocycles. The first-order chi connectivity index (χ1) is 11.6. The Hall–Kier alpha value is -2.08. The second-order valence-electron chi connectivity index (χ2n) is 5.90. The minimum atomic E-state index is -0.138. The van der Waals surface area contributed by atoms with Crippen LogP contribution in [-0.2, 0) is 14.3 Å². The number of nitrogens with zero attached hydrogens (tertiary/aromatic N) is 2. The van der Waals surface area contributed by atoms with Gasteiger partial charge >= 0.3 is 0 Å². The molecule has 0 aromatic heterocycles. The number of benzene rings is 1. The third-order valence-electron chi connectivity index (χ3n) is 4.06. The van der Waals surface area contributed by atoms with Crippen molar-refractivity contribution in [2.75, 3.05) is 49.2 Å². The first kappa shape index (κ1) is 18.3. The number of ether oxygens (including phenoxy) is 1. The van der Waals surface area contributed by atoms with E-state index in [1.165, 1.54) is 6.92 Å². The van der Waals surface area contributed by atoms with Crippen LogP contribution in [0.1, 0.15) is 26.7 Å². The van der Waals surface area contributed by atoms with Gasteiger partial charge in [0.15, 0.2) is 0 Å². The molecule has 132 valence electrons. The Kier molecular flexibility index (Phi) is 7.06. The molecule has 0 saturated carbocycles. The van der Waals surface area contributed by atoms with Crippen LogP contribution in [0, 0.1) is 0 Å². The third-order valence-corrected chi connectivity index (χ3v) is 4.06. The number of nitrogens with one attached hydrogen (secondary N) is 1. The fourth-order valence-electron chi connectivity index (χ4n) is 2.73. The molecule has 1 N–H and O–H groups in total. The highest BCUT2D eigenvalue weighted by molar-refractivity contribution is 6.00. The van der Waals surface area contributed by atoms with Crippen molar-refractivity contribution >= 4 is 23.2 Å². The van der Waals surface area contributed by atoms with Crippen molar-refractivity contribution in [2.45, 2.75) is 26.7 Å². The number of morpholine rings is 1. The molecule has 6 heteroatoms. The van der Waals surface area contributed by atoms with Gasteiger partial charge in [0.1, 0.15) is 6.54 Å². The lowest BCUT2D eigenvalue weighted by Crippen LogP contribution is -2.42. The maximum absolute atomic E-state index is 12.2. The lowest BCUT2D eigenvalue weighted by atomic mass is 10.2. The number of hydrogen-bond acceptors (Lipinski definition) is 4. The molecule has 1 aromatic rings. The highest BCUT2D eigenvalue weighted by Gasteiger charge is 2.22. The molecule has 24 heavy (non-hydrogen) atoms. The van der Waals surface area contributed by atoms with Crippen LogP contribution in [0.3, 0.4) is 0 Å². The predicted octanol–water partition coefficient (Wildman–Crippen LogP) is 1.79. The Balaban J connectivity index is 2.15. The van der Waals surface area contributed by atoms with Gasteiger partial charge < -0.3 is 19.9 Å². The average Bonchev–Trinajstić information content (AvgIpc) is 2.60. The van der Waals surface area contributed by atoms with Gasteiger partial charge in [0.25, 0.3) is 0 Å². The second kappa shape index (κ2) is 9.27. The first-order valence-electron chi connectivity index (χ1n) is 8.60. The van der Waals surface area contributed by atoms with Gasteiger partial charge in [-0.1, -0.05) is 25.5 Å². The van der Waals surface area contributed by atoms with E-state index < -0.39 is 0 Å². The molecule has 0 unspecified atom stereocenters. The molecule has 0 bridgehead atoms. The SMILES string of the molecule is CCCCNC(=O)CN(C(C)=O)c1ccccc1N1CCOCC1. The molecule has 0 atom stereocenters. The number of amides is 2. The van der Waals surface area contributed by atoms with Crippen molar-refractivity contribution in [3.8, 4) is 0 Å². The highest BCUT2D eigenvalue weighted by Crippen LogP contribution is 2.30. The van der Waals surface area contributed by atoms with E-state index >= 15 is 0 Å². The monoisotopic (exact) mass is 333 g/mol. The summed E-state index contributed by atoms with van der Waals surface area (Å²) in [4.78, 5) is 28.0. The molecular formula is C18H27N3O3. The Morgan fingerprint density at radius 1 is 1.25 bits per heavy atom. The zero-order valence-corrected chi connectivity index (χ0v) is 14.6. The second-order valence-corrected chi connectivity index (χ2v) is 5.90. The van der Waals surface area contributed by atoms with Gasteiger partial charge in [-0.3, -0.25) is 9.59 Å². The summed E-state index contributed by atoms with van der Waals surface area (Å²) < 4.78 is 5.40. The van der Waals surface area contributed by atoms with Gasteiger partial charge in [0.2, 0.25) is 11.8 Å². The fourth-order valence-corrected chi connectivity index (χ4v) is 2.73. The summed E-state index contributed by atoms with van der Waals surface area (Å²) in [5, 5.41) is 2.87. The molecule has 2 amide bonds. The van der Waals surface area contributed by atoms with E-state index in [2.05, 4.69) is 17.1 Å². The van der Waals surface area contributed by atoms with Gasteiger partial charge in [-0.05, 0) is 18.6 Å². The van der Waals surface area contributed by atoms with Crippen LogP contribution in [0.25, 0.3) is 0 Å². The number of unbranched alkanes of at least 4 members (excludes halogenated alkanes) is 1. The molecule has 1 aliphatic heterocycles. The van der Waals surface area contributed by atoms with Crippen molar-refractivity contribution < 1.29 is 14.3 Å². The fraction of sp³-hybridized carbons (Fsp3) is 0.556. The number of carbonyl (C=O) groups is 2. The van der Waals surface area contributed by atoms with Crippen LogP contribution < -0.4 is 15.1 Å². The minimum Gasteiger partial charge on any atom is -0.378 e. The number of hydrogen-bond donors (Lipinski definition) is 1. The van der Waals surface area contributed by atoms with Crippen molar-refractivity contribution in [1.82, 2.24) is 5.32 Å². The summed E-state index contributed by atoms with van der Waals surface area (Å²) in [7, 11) is 0. The number of anilines is 2. The van der Waals surface area contributed by atoms with Gasteiger partial charge in [-0.25, -0.2) is 0 Å². The van der Waals surface area contributed by atoms with Crippen LogP contribution in [0.5, 0.6) is 0 Å². The lowest BCUT2D eigenvalue weighted by molar-refractivity contribution is -0.123. The molecule has 0 aliphatic carbocycles. The van der Waals surface area contributed by atoms with E-state index in [1.807, 2.05) is 24.3 Å². The lowest BCUT2D eigenvalue weighted by Gasteiger charge is -2.33. The van der Waals surface area contributed by atoms with Gasteiger partial charge in [0, 0.05) is 26.6 Å². The Morgan fingerprint density at radius 3 is 2.62 bits per heavy atom. The molecule has 0 radical (unpaired) electrons. The predicted molar refractivity (Wildman–Crippen MR) is 95.4 cm³/mol. The van der Waals surface area contributed by atoms with Gasteiger partial charge in [-0.15, -0.1) is 0 Å². The first-order valence-corrected chi connectivity index (χ1v) is 8.60. The largest absolute Gasteiger partial charge is 0.378 e. The van der Waals surface area contributed by atoms with Crippen LogP contribution in [-0.4, -0.2) is 51.2 Å². The summed E-state index contributed by atoms with van der Waals surface area (Å²) in [6.07, 6.45) is 1.97. The van der Waals surface area contributed by atoms with E-state index in [0.717, 1.165) is 37.3 Å². The summed E-state index contributed by atoms with van der Waals surface area (Å²) in [6, 6.07) is 7.73. The summed E-state index contributed by atoms with van der Waals surface area (Å²) in [6.45, 7) is 7.17. The van der Waals surface area contributed by atoms with E-state index in [9.17, 15) is 9.59 Å². The maximum atomic E-state index is 12.2. The van der Waals surface area contributed by atoms with Gasteiger partial charge in [-0.2, -0.15) is 0 Å². The van der Waals surface area contributed by atoms with Gasteiger partial charge in [0.05, 0.1) is 24.6 Å². The zero-order valence-electron chi connectivity index (χ0n) is 14.6. The van der Waals surface area contributed by atoms with E-state index in [-0.39, 0.29) is 18.4 Å². The van der Waals surface area contributed by atoms with E-state index in [0.29, 0.717) is 19.8 Å².